The minimum Gasteiger partial charge on any atom is -0.481 e. The van der Waals surface area contributed by atoms with Crippen molar-refractivity contribution in [1.29, 1.82) is 0 Å². The molecule has 1 aliphatic heterocycles. The highest BCUT2D eigenvalue weighted by Crippen LogP contribution is 2.17. The number of ether oxygens (including phenoxy) is 1. The Bertz CT molecular complexity index is 285. The number of nitrogens with one attached hydrogen (secondary N) is 2. The lowest BCUT2D eigenvalue weighted by Crippen LogP contribution is -2.58. The zero-order valence-electron chi connectivity index (χ0n) is 9.74. The summed E-state index contributed by atoms with van der Waals surface area (Å²) in [6.07, 6.45) is 0.409. The maximum absolute atomic E-state index is 11.7. The lowest BCUT2D eigenvalue weighted by molar-refractivity contribution is -0.165. The Hall–Kier alpha value is -1.14. The summed E-state index contributed by atoms with van der Waals surface area (Å²) in [5, 5.41) is 8.98. The van der Waals surface area contributed by atoms with Gasteiger partial charge in [0, 0.05) is 6.54 Å². The van der Waals surface area contributed by atoms with Crippen molar-refractivity contribution in [3.8, 4) is 0 Å². The van der Waals surface area contributed by atoms with Gasteiger partial charge in [0.25, 0.3) is 0 Å². The van der Waals surface area contributed by atoms with Crippen LogP contribution < -0.4 is 10.9 Å². The SMILES string of the molecule is CC(C)(C)OC(=O)C1NNCCC1C(=O)O. The third-order valence-corrected chi connectivity index (χ3v) is 2.22. The highest BCUT2D eigenvalue weighted by Gasteiger charge is 2.38. The van der Waals surface area contributed by atoms with Gasteiger partial charge in [-0.3, -0.25) is 15.0 Å². The molecule has 92 valence electrons. The maximum Gasteiger partial charge on any atom is 0.325 e. The zero-order chi connectivity index (χ0) is 12.3. The Balaban J connectivity index is 2.68. The van der Waals surface area contributed by atoms with E-state index in [4.69, 9.17) is 9.84 Å². The van der Waals surface area contributed by atoms with Crippen molar-refractivity contribution in [2.75, 3.05) is 6.54 Å². The lowest BCUT2D eigenvalue weighted by Gasteiger charge is -2.31. The zero-order valence-corrected chi connectivity index (χ0v) is 9.74. The van der Waals surface area contributed by atoms with Crippen LogP contribution in [0.1, 0.15) is 27.2 Å². The highest BCUT2D eigenvalue weighted by molar-refractivity contribution is 5.84. The van der Waals surface area contributed by atoms with Crippen molar-refractivity contribution in [1.82, 2.24) is 10.9 Å². The molecule has 0 aliphatic carbocycles. The topological polar surface area (TPSA) is 87.7 Å². The molecule has 0 bridgehead atoms. The quantitative estimate of drug-likeness (QED) is 0.574. The Labute approximate surface area is 94.3 Å². The van der Waals surface area contributed by atoms with E-state index in [2.05, 4.69) is 10.9 Å². The van der Waals surface area contributed by atoms with Gasteiger partial charge < -0.3 is 9.84 Å². The third kappa shape index (κ3) is 3.46. The number of carboxylic acids is 1. The molecule has 2 unspecified atom stereocenters. The Morgan fingerprint density at radius 3 is 2.50 bits per heavy atom. The smallest absolute Gasteiger partial charge is 0.325 e. The number of carbonyl (C=O) groups is 2. The van der Waals surface area contributed by atoms with Gasteiger partial charge in [-0.1, -0.05) is 0 Å². The molecule has 1 heterocycles. The van der Waals surface area contributed by atoms with Crippen LogP contribution in [0.5, 0.6) is 0 Å². The molecule has 1 fully saturated rings. The molecule has 1 aliphatic rings. The molecule has 0 aromatic heterocycles. The van der Waals surface area contributed by atoms with Gasteiger partial charge in [0.2, 0.25) is 0 Å². The van der Waals surface area contributed by atoms with E-state index in [1.807, 2.05) is 0 Å². The van der Waals surface area contributed by atoms with Crippen LogP contribution in [0.4, 0.5) is 0 Å². The number of esters is 1. The number of hydrazine groups is 1. The van der Waals surface area contributed by atoms with Crippen molar-refractivity contribution < 1.29 is 19.4 Å². The molecule has 1 rings (SSSR count). The summed E-state index contributed by atoms with van der Waals surface area (Å²) in [5.74, 6) is -2.26. The van der Waals surface area contributed by atoms with Crippen LogP contribution in [-0.4, -0.2) is 35.2 Å². The van der Waals surface area contributed by atoms with Gasteiger partial charge in [-0.2, -0.15) is 0 Å². The number of carbonyl (C=O) groups excluding carboxylic acids is 1. The second kappa shape index (κ2) is 4.80. The molecule has 0 aromatic carbocycles. The average Bonchev–Trinajstić information content (AvgIpc) is 2.15. The average molecular weight is 230 g/mol. The van der Waals surface area contributed by atoms with Gasteiger partial charge in [0.15, 0.2) is 0 Å². The van der Waals surface area contributed by atoms with Crippen molar-refractivity contribution in [2.24, 2.45) is 5.92 Å². The van der Waals surface area contributed by atoms with Crippen molar-refractivity contribution in [3.63, 3.8) is 0 Å². The molecule has 6 nitrogen and oxygen atoms in total. The van der Waals surface area contributed by atoms with Gasteiger partial charge in [0.05, 0.1) is 5.92 Å². The molecule has 0 aromatic rings. The van der Waals surface area contributed by atoms with E-state index < -0.39 is 29.5 Å². The van der Waals surface area contributed by atoms with Crippen LogP contribution in [0.25, 0.3) is 0 Å². The first kappa shape index (κ1) is 12.9. The van der Waals surface area contributed by atoms with E-state index in [9.17, 15) is 9.59 Å². The van der Waals surface area contributed by atoms with E-state index in [1.54, 1.807) is 20.8 Å². The second-order valence-electron chi connectivity index (χ2n) is 4.82. The molecule has 2 atom stereocenters. The fourth-order valence-corrected chi connectivity index (χ4v) is 1.53. The second-order valence-corrected chi connectivity index (χ2v) is 4.82. The standard InChI is InChI=1S/C10H18N2O4/c1-10(2,3)16-9(15)7-6(8(13)14)4-5-11-12-7/h6-7,11-12H,4-5H2,1-3H3,(H,13,14). The van der Waals surface area contributed by atoms with Gasteiger partial charge in [-0.25, -0.2) is 5.43 Å². The number of aliphatic carboxylic acids is 1. The molecule has 16 heavy (non-hydrogen) atoms. The minimum absolute atomic E-state index is 0.409. The van der Waals surface area contributed by atoms with E-state index in [0.717, 1.165) is 0 Å². The van der Waals surface area contributed by atoms with Gasteiger partial charge in [-0.15, -0.1) is 0 Å². The number of carboxylic acid groups (broad SMARTS) is 1. The van der Waals surface area contributed by atoms with Crippen LogP contribution in [0.2, 0.25) is 0 Å². The van der Waals surface area contributed by atoms with Gasteiger partial charge in [-0.05, 0) is 27.2 Å². The molecule has 1 saturated heterocycles. The normalized spacial score (nSPS) is 26.2. The summed E-state index contributed by atoms with van der Waals surface area (Å²) >= 11 is 0. The first-order valence-corrected chi connectivity index (χ1v) is 5.25. The summed E-state index contributed by atoms with van der Waals surface area (Å²) in [6, 6.07) is -0.828. The molecular weight excluding hydrogens is 212 g/mol. The van der Waals surface area contributed by atoms with Crippen LogP contribution in [-0.2, 0) is 14.3 Å². The monoisotopic (exact) mass is 230 g/mol. The van der Waals surface area contributed by atoms with Crippen molar-refractivity contribution in [3.05, 3.63) is 0 Å². The number of hydrogen-bond donors (Lipinski definition) is 3. The van der Waals surface area contributed by atoms with E-state index >= 15 is 0 Å². The largest absolute Gasteiger partial charge is 0.481 e. The van der Waals surface area contributed by atoms with E-state index in [1.165, 1.54) is 0 Å². The van der Waals surface area contributed by atoms with E-state index in [0.29, 0.717) is 13.0 Å². The molecule has 6 heteroatoms. The summed E-state index contributed by atoms with van der Waals surface area (Å²) < 4.78 is 5.15. The summed E-state index contributed by atoms with van der Waals surface area (Å²) in [7, 11) is 0. The minimum atomic E-state index is -0.982. The molecular formula is C10H18N2O4. The van der Waals surface area contributed by atoms with Gasteiger partial charge >= 0.3 is 11.9 Å². The fourth-order valence-electron chi connectivity index (χ4n) is 1.53. The molecule has 0 spiro atoms. The summed E-state index contributed by atoms with van der Waals surface area (Å²) in [4.78, 5) is 22.7. The van der Waals surface area contributed by atoms with Crippen LogP contribution in [0, 0.1) is 5.92 Å². The predicted molar refractivity (Wildman–Crippen MR) is 56.5 cm³/mol. The summed E-state index contributed by atoms with van der Waals surface area (Å²) in [6.45, 7) is 5.76. The van der Waals surface area contributed by atoms with Crippen LogP contribution in [0.3, 0.4) is 0 Å². The van der Waals surface area contributed by atoms with Gasteiger partial charge in [0.1, 0.15) is 11.6 Å². The Kier molecular flexibility index (Phi) is 3.88. The lowest BCUT2D eigenvalue weighted by atomic mass is 9.95. The Morgan fingerprint density at radius 2 is 2.00 bits per heavy atom. The van der Waals surface area contributed by atoms with Crippen molar-refractivity contribution >= 4 is 11.9 Å². The van der Waals surface area contributed by atoms with Crippen molar-refractivity contribution in [2.45, 2.75) is 38.8 Å². The third-order valence-electron chi connectivity index (χ3n) is 2.22. The van der Waals surface area contributed by atoms with Crippen LogP contribution >= 0.6 is 0 Å². The van der Waals surface area contributed by atoms with Crippen LogP contribution in [0.15, 0.2) is 0 Å². The predicted octanol–water partition coefficient (Wildman–Crippen LogP) is -0.105. The first-order valence-electron chi connectivity index (χ1n) is 5.25. The maximum atomic E-state index is 11.7. The number of hydrogen-bond acceptors (Lipinski definition) is 5. The first-order chi connectivity index (χ1) is 7.31. The Morgan fingerprint density at radius 1 is 1.38 bits per heavy atom. The molecule has 0 amide bonds. The highest BCUT2D eigenvalue weighted by atomic mass is 16.6. The summed E-state index contributed by atoms with van der Waals surface area (Å²) in [5.41, 5.74) is 4.83. The molecule has 0 saturated carbocycles. The molecule has 3 N–H and O–H groups in total. The molecule has 0 radical (unpaired) electrons. The van der Waals surface area contributed by atoms with E-state index in [-0.39, 0.29) is 0 Å². The fraction of sp³-hybridized carbons (Fsp3) is 0.800. The number of rotatable bonds is 2.